The van der Waals surface area contributed by atoms with Crippen LogP contribution in [0.5, 0.6) is 0 Å². The summed E-state index contributed by atoms with van der Waals surface area (Å²) >= 11 is 1.62. The highest BCUT2D eigenvalue weighted by Gasteiger charge is 2.21. The van der Waals surface area contributed by atoms with E-state index in [1.165, 1.54) is 0 Å². The molecule has 0 bridgehead atoms. The van der Waals surface area contributed by atoms with Gasteiger partial charge < -0.3 is 0 Å². The zero-order valence-electron chi connectivity index (χ0n) is 14.1. The van der Waals surface area contributed by atoms with Crippen LogP contribution < -0.4 is 5.43 Å². The number of hydrogen-bond donors (Lipinski definition) is 0. The molecule has 26 heavy (non-hydrogen) atoms. The number of hydrogen-bond acceptors (Lipinski definition) is 4. The van der Waals surface area contributed by atoms with Crippen molar-refractivity contribution < 1.29 is 0 Å². The fraction of sp³-hybridized carbons (Fsp3) is 0.0952. The van der Waals surface area contributed by atoms with Crippen LogP contribution in [0.3, 0.4) is 0 Å². The summed E-state index contributed by atoms with van der Waals surface area (Å²) in [6, 6.07) is 18.1. The molecule has 0 radical (unpaired) electrons. The minimum Gasteiger partial charge on any atom is -0.287 e. The Hall–Kier alpha value is -3.05. The molecular formula is C21H15N3OS. The minimum absolute atomic E-state index is 0.0364. The number of benzene rings is 3. The van der Waals surface area contributed by atoms with Crippen LogP contribution >= 0.6 is 11.3 Å². The molecule has 126 valence electrons. The molecule has 1 aliphatic carbocycles. The highest BCUT2D eigenvalue weighted by atomic mass is 32.1. The zero-order chi connectivity index (χ0) is 17.7. The van der Waals surface area contributed by atoms with Crippen molar-refractivity contribution in [2.24, 2.45) is 0 Å². The maximum atomic E-state index is 13.1. The molecule has 0 spiro atoms. The largest absolute Gasteiger partial charge is 0.287 e. The van der Waals surface area contributed by atoms with Gasteiger partial charge in [-0.15, -0.1) is 11.3 Å². The van der Waals surface area contributed by atoms with Gasteiger partial charge in [0.25, 0.3) is 0 Å². The zero-order valence-corrected chi connectivity index (χ0v) is 15.0. The van der Waals surface area contributed by atoms with Crippen LogP contribution in [0.4, 0.5) is 0 Å². The van der Waals surface area contributed by atoms with Gasteiger partial charge in [0.05, 0.1) is 38.9 Å². The van der Waals surface area contributed by atoms with Crippen LogP contribution in [0.25, 0.3) is 31.7 Å². The van der Waals surface area contributed by atoms with Gasteiger partial charge in [0, 0.05) is 5.56 Å². The molecule has 3 aromatic rings. The van der Waals surface area contributed by atoms with E-state index in [9.17, 15) is 4.79 Å². The number of para-hydroxylation sites is 1. The highest BCUT2D eigenvalue weighted by Crippen LogP contribution is 2.36. The quantitative estimate of drug-likeness (QED) is 0.438. The van der Waals surface area contributed by atoms with Gasteiger partial charge in [0.1, 0.15) is 5.52 Å². The summed E-state index contributed by atoms with van der Waals surface area (Å²) in [5.74, 6) is 0. The molecule has 0 amide bonds. The molecule has 5 heteroatoms. The summed E-state index contributed by atoms with van der Waals surface area (Å²) in [5.41, 5.74) is 4.33. The Morgan fingerprint density at radius 3 is 2.65 bits per heavy atom. The first-order chi connectivity index (χ1) is 12.7. The Morgan fingerprint density at radius 2 is 1.81 bits per heavy atom. The van der Waals surface area contributed by atoms with Crippen LogP contribution in [0, 0.1) is 6.92 Å². The van der Waals surface area contributed by atoms with E-state index in [-0.39, 0.29) is 5.43 Å². The molecule has 0 fully saturated rings. The number of rotatable bonds is 2. The van der Waals surface area contributed by atoms with Crippen molar-refractivity contribution in [1.82, 2.24) is 14.8 Å². The van der Waals surface area contributed by atoms with Crippen molar-refractivity contribution in [2.75, 3.05) is 0 Å². The first kappa shape index (κ1) is 15.2. The van der Waals surface area contributed by atoms with Crippen molar-refractivity contribution in [2.45, 2.75) is 13.5 Å². The smallest absolute Gasteiger partial charge is 0.208 e. The van der Waals surface area contributed by atoms with E-state index < -0.39 is 0 Å². The van der Waals surface area contributed by atoms with E-state index in [0.29, 0.717) is 12.1 Å². The van der Waals surface area contributed by atoms with Crippen LogP contribution in [0.2, 0.25) is 0 Å². The van der Waals surface area contributed by atoms with E-state index in [1.807, 2.05) is 61.5 Å². The third kappa shape index (κ3) is 2.24. The average molecular weight is 357 g/mol. The van der Waals surface area contributed by atoms with Crippen LogP contribution in [0.15, 0.2) is 65.6 Å². The first-order valence-corrected chi connectivity index (χ1v) is 9.25. The lowest BCUT2D eigenvalue weighted by atomic mass is 10.1. The molecule has 5 rings (SSSR count). The van der Waals surface area contributed by atoms with E-state index in [2.05, 4.69) is 5.10 Å². The minimum atomic E-state index is 0.0364. The molecule has 0 unspecified atom stereocenters. The van der Waals surface area contributed by atoms with Gasteiger partial charge in [-0.2, -0.15) is 5.10 Å². The molecule has 1 aliphatic heterocycles. The van der Waals surface area contributed by atoms with Crippen molar-refractivity contribution in [3.05, 3.63) is 82.1 Å². The van der Waals surface area contributed by atoms with Gasteiger partial charge in [-0.1, -0.05) is 42.5 Å². The standard InChI is InChI=1S/C21H15N3OS/c1-13-20(25)19-15(11-22-24(19)12-14-7-3-2-4-8-14)18-21(13)26-17-10-6-5-9-16(17)23-18/h2-11H,12H2,1H3. The predicted molar refractivity (Wildman–Crippen MR) is 106 cm³/mol. The summed E-state index contributed by atoms with van der Waals surface area (Å²) in [5, 5.41) is 5.33. The maximum absolute atomic E-state index is 13.1. The van der Waals surface area contributed by atoms with E-state index >= 15 is 0 Å². The SMILES string of the molecule is Cc1c2sc3ccccc3nc-2c2cnn(Cc3ccccc3)c2c1=O. The lowest BCUT2D eigenvalue weighted by molar-refractivity contribution is 0.710. The Bertz CT molecular complexity index is 1290. The molecule has 0 saturated carbocycles. The normalized spacial score (nSPS) is 11.6. The molecule has 1 aromatic heterocycles. The molecule has 2 aromatic carbocycles. The van der Waals surface area contributed by atoms with Crippen LogP contribution in [-0.2, 0) is 6.54 Å². The Balaban J connectivity index is 1.83. The molecular weight excluding hydrogens is 342 g/mol. The second-order valence-electron chi connectivity index (χ2n) is 6.36. The third-order valence-corrected chi connectivity index (χ3v) is 5.96. The van der Waals surface area contributed by atoms with Gasteiger partial charge in [-0.3, -0.25) is 9.48 Å². The fourth-order valence-electron chi connectivity index (χ4n) is 3.36. The average Bonchev–Trinajstić information content (AvgIpc) is 3.09. The summed E-state index contributed by atoms with van der Waals surface area (Å²) in [4.78, 5) is 18.9. The van der Waals surface area contributed by atoms with E-state index in [4.69, 9.17) is 4.98 Å². The van der Waals surface area contributed by atoms with Crippen molar-refractivity contribution in [3.8, 4) is 10.6 Å². The maximum Gasteiger partial charge on any atom is 0.208 e. The fourth-order valence-corrected chi connectivity index (χ4v) is 4.44. The number of nitrogens with zero attached hydrogens (tertiary/aromatic N) is 3. The predicted octanol–water partition coefficient (Wildman–Crippen LogP) is 4.47. The highest BCUT2D eigenvalue weighted by molar-refractivity contribution is 7.21. The molecule has 2 heterocycles. The van der Waals surface area contributed by atoms with Gasteiger partial charge in [0.15, 0.2) is 0 Å². The Kier molecular flexibility index (Phi) is 3.36. The summed E-state index contributed by atoms with van der Waals surface area (Å²) < 4.78 is 2.87. The summed E-state index contributed by atoms with van der Waals surface area (Å²) in [6.45, 7) is 2.46. The Labute approximate surface area is 153 Å². The van der Waals surface area contributed by atoms with E-state index in [1.54, 1.807) is 22.2 Å². The third-order valence-electron chi connectivity index (χ3n) is 4.69. The van der Waals surface area contributed by atoms with Crippen molar-refractivity contribution >= 4 is 32.5 Å². The van der Waals surface area contributed by atoms with Crippen LogP contribution in [0.1, 0.15) is 11.1 Å². The van der Waals surface area contributed by atoms with Crippen LogP contribution in [-0.4, -0.2) is 14.8 Å². The second kappa shape index (κ2) is 5.75. The van der Waals surface area contributed by atoms with Gasteiger partial charge in [0.2, 0.25) is 5.43 Å². The molecule has 0 saturated heterocycles. The first-order valence-electron chi connectivity index (χ1n) is 8.44. The molecule has 0 atom stereocenters. The summed E-state index contributed by atoms with van der Waals surface area (Å²) in [7, 11) is 0. The van der Waals surface area contributed by atoms with Gasteiger partial charge in [-0.05, 0) is 24.6 Å². The molecule has 0 N–H and O–H groups in total. The topological polar surface area (TPSA) is 47.8 Å². The van der Waals surface area contributed by atoms with E-state index in [0.717, 1.165) is 37.3 Å². The van der Waals surface area contributed by atoms with Crippen molar-refractivity contribution in [3.63, 3.8) is 0 Å². The van der Waals surface area contributed by atoms with Gasteiger partial charge >= 0.3 is 0 Å². The van der Waals surface area contributed by atoms with Gasteiger partial charge in [-0.25, -0.2) is 4.98 Å². The number of fused-ring (bicyclic) bond motifs is 4. The monoisotopic (exact) mass is 357 g/mol. The lowest BCUT2D eigenvalue weighted by Gasteiger charge is -2.11. The lowest BCUT2D eigenvalue weighted by Crippen LogP contribution is -2.14. The number of aromatic nitrogens is 3. The summed E-state index contributed by atoms with van der Waals surface area (Å²) in [6.07, 6.45) is 1.77. The molecule has 2 aliphatic rings. The second-order valence-corrected chi connectivity index (χ2v) is 7.42. The Morgan fingerprint density at radius 1 is 1.04 bits per heavy atom. The van der Waals surface area contributed by atoms with Crippen molar-refractivity contribution in [1.29, 1.82) is 0 Å². The molecule has 4 nitrogen and oxygen atoms in total.